The molecule has 0 atom stereocenters. The first-order valence-electron chi connectivity index (χ1n) is 8.65. The van der Waals surface area contributed by atoms with Gasteiger partial charge in [-0.1, -0.05) is 40.9 Å². The zero-order valence-corrected chi connectivity index (χ0v) is 15.4. The van der Waals surface area contributed by atoms with Gasteiger partial charge >= 0.3 is 0 Å². The Kier molecular flexibility index (Phi) is 5.72. The molecule has 2 amide bonds. The molecule has 0 spiro atoms. The average molecular weight is 391 g/mol. The molecule has 1 saturated heterocycles. The minimum atomic E-state index is 0.0193. The van der Waals surface area contributed by atoms with Gasteiger partial charge in [0.25, 0.3) is 0 Å². The highest BCUT2D eigenvalue weighted by Crippen LogP contribution is 2.26. The van der Waals surface area contributed by atoms with Crippen LogP contribution in [-0.2, 0) is 9.59 Å². The standard InChI is InChI=1S/C19H23BrN2O2/c20-17-8-5-15(6-9-17)7-10-18(23)21-11-13-22(14-12-21)19(24)16-3-1-2-4-16/h5-10,16H,1-4,11-14H2. The topological polar surface area (TPSA) is 40.6 Å². The van der Waals surface area contributed by atoms with E-state index in [-0.39, 0.29) is 11.8 Å². The molecule has 3 rings (SSSR count). The van der Waals surface area contributed by atoms with Gasteiger partial charge in [-0.05, 0) is 36.6 Å². The second-order valence-corrected chi connectivity index (χ2v) is 7.43. The Morgan fingerprint density at radius 1 is 0.958 bits per heavy atom. The van der Waals surface area contributed by atoms with Gasteiger partial charge < -0.3 is 9.80 Å². The number of nitrogens with zero attached hydrogens (tertiary/aromatic N) is 2. The van der Waals surface area contributed by atoms with Crippen molar-refractivity contribution in [2.24, 2.45) is 5.92 Å². The van der Waals surface area contributed by atoms with Gasteiger partial charge in [0.2, 0.25) is 11.8 Å². The van der Waals surface area contributed by atoms with Crippen molar-refractivity contribution in [3.8, 4) is 0 Å². The highest BCUT2D eigenvalue weighted by Gasteiger charge is 2.29. The molecule has 4 nitrogen and oxygen atoms in total. The summed E-state index contributed by atoms with van der Waals surface area (Å²) >= 11 is 3.40. The fourth-order valence-corrected chi connectivity index (χ4v) is 3.69. The largest absolute Gasteiger partial charge is 0.339 e. The third-order valence-electron chi connectivity index (χ3n) is 4.90. The predicted molar refractivity (Wildman–Crippen MR) is 98.3 cm³/mol. The molecular weight excluding hydrogens is 368 g/mol. The Morgan fingerprint density at radius 3 is 2.17 bits per heavy atom. The molecule has 5 heteroatoms. The molecule has 1 aliphatic carbocycles. The Balaban J connectivity index is 1.49. The number of carbonyl (C=O) groups is 2. The average Bonchev–Trinajstić information content (AvgIpc) is 3.15. The van der Waals surface area contributed by atoms with Crippen molar-refractivity contribution in [1.82, 2.24) is 9.80 Å². The molecule has 1 aromatic carbocycles. The number of hydrogen-bond donors (Lipinski definition) is 0. The summed E-state index contributed by atoms with van der Waals surface area (Å²) in [6.07, 6.45) is 7.88. The Hall–Kier alpha value is -1.62. The molecule has 2 aliphatic rings. The van der Waals surface area contributed by atoms with Crippen LogP contribution >= 0.6 is 15.9 Å². The molecule has 0 unspecified atom stereocenters. The summed E-state index contributed by atoms with van der Waals surface area (Å²) in [6.45, 7) is 2.57. The Labute approximate surface area is 151 Å². The number of halogens is 1. The molecule has 24 heavy (non-hydrogen) atoms. The summed E-state index contributed by atoms with van der Waals surface area (Å²) in [7, 11) is 0. The molecule has 0 bridgehead atoms. The summed E-state index contributed by atoms with van der Waals surface area (Å²) in [5, 5.41) is 0. The highest BCUT2D eigenvalue weighted by molar-refractivity contribution is 9.10. The third kappa shape index (κ3) is 4.26. The van der Waals surface area contributed by atoms with E-state index < -0.39 is 0 Å². The van der Waals surface area contributed by atoms with Crippen molar-refractivity contribution in [3.05, 3.63) is 40.4 Å². The van der Waals surface area contributed by atoms with E-state index in [1.165, 1.54) is 12.8 Å². The maximum atomic E-state index is 12.4. The van der Waals surface area contributed by atoms with E-state index in [2.05, 4.69) is 15.9 Å². The van der Waals surface area contributed by atoms with Crippen LogP contribution in [0.5, 0.6) is 0 Å². The quantitative estimate of drug-likeness (QED) is 0.742. The van der Waals surface area contributed by atoms with Gasteiger partial charge in [-0.25, -0.2) is 0 Å². The van der Waals surface area contributed by atoms with Crippen molar-refractivity contribution in [2.75, 3.05) is 26.2 Å². The zero-order chi connectivity index (χ0) is 16.9. The minimum Gasteiger partial charge on any atom is -0.339 e. The first-order valence-corrected chi connectivity index (χ1v) is 9.44. The smallest absolute Gasteiger partial charge is 0.246 e. The van der Waals surface area contributed by atoms with Crippen LogP contribution in [0.2, 0.25) is 0 Å². The molecule has 0 N–H and O–H groups in total. The molecule has 1 saturated carbocycles. The van der Waals surface area contributed by atoms with Crippen LogP contribution in [0, 0.1) is 5.92 Å². The number of rotatable bonds is 3. The molecule has 1 aromatic rings. The Bertz CT molecular complexity index is 613. The lowest BCUT2D eigenvalue weighted by molar-refractivity contribution is -0.140. The van der Waals surface area contributed by atoms with Crippen molar-refractivity contribution in [3.63, 3.8) is 0 Å². The molecule has 1 aliphatic heterocycles. The van der Waals surface area contributed by atoms with E-state index in [0.717, 1.165) is 22.9 Å². The van der Waals surface area contributed by atoms with E-state index in [1.807, 2.05) is 40.1 Å². The van der Waals surface area contributed by atoms with Crippen molar-refractivity contribution >= 4 is 33.8 Å². The molecule has 0 aromatic heterocycles. The van der Waals surface area contributed by atoms with Crippen LogP contribution in [0.1, 0.15) is 31.2 Å². The molecule has 0 radical (unpaired) electrons. The summed E-state index contributed by atoms with van der Waals surface area (Å²) in [4.78, 5) is 28.5. The van der Waals surface area contributed by atoms with E-state index >= 15 is 0 Å². The van der Waals surface area contributed by atoms with Gasteiger partial charge in [-0.2, -0.15) is 0 Å². The first kappa shape index (κ1) is 17.2. The van der Waals surface area contributed by atoms with E-state index in [4.69, 9.17) is 0 Å². The van der Waals surface area contributed by atoms with Crippen LogP contribution in [-0.4, -0.2) is 47.8 Å². The van der Waals surface area contributed by atoms with Crippen molar-refractivity contribution in [2.45, 2.75) is 25.7 Å². The fraction of sp³-hybridized carbons (Fsp3) is 0.474. The van der Waals surface area contributed by atoms with Gasteiger partial charge in [0.1, 0.15) is 0 Å². The lowest BCUT2D eigenvalue weighted by Crippen LogP contribution is -2.51. The van der Waals surface area contributed by atoms with Gasteiger partial charge in [0.05, 0.1) is 0 Å². The summed E-state index contributed by atoms with van der Waals surface area (Å²) in [6, 6.07) is 7.84. The monoisotopic (exact) mass is 390 g/mol. The lowest BCUT2D eigenvalue weighted by Gasteiger charge is -2.35. The van der Waals surface area contributed by atoms with Gasteiger partial charge in [0.15, 0.2) is 0 Å². The lowest BCUT2D eigenvalue weighted by atomic mass is 10.1. The Morgan fingerprint density at radius 2 is 1.54 bits per heavy atom. The normalized spacial score (nSPS) is 19.2. The van der Waals surface area contributed by atoms with Gasteiger partial charge in [0, 0.05) is 42.6 Å². The van der Waals surface area contributed by atoms with E-state index in [9.17, 15) is 9.59 Å². The third-order valence-corrected chi connectivity index (χ3v) is 5.42. The summed E-state index contributed by atoms with van der Waals surface area (Å²) in [5.41, 5.74) is 1.00. The second-order valence-electron chi connectivity index (χ2n) is 6.52. The zero-order valence-electron chi connectivity index (χ0n) is 13.8. The molecule has 2 fully saturated rings. The number of carbonyl (C=O) groups excluding carboxylic acids is 2. The summed E-state index contributed by atoms with van der Waals surface area (Å²) in [5.74, 6) is 0.542. The SMILES string of the molecule is O=C(C=Cc1ccc(Br)cc1)N1CCN(C(=O)C2CCCC2)CC1. The van der Waals surface area contributed by atoms with Crippen LogP contribution < -0.4 is 0 Å². The highest BCUT2D eigenvalue weighted by atomic mass is 79.9. The number of benzene rings is 1. The number of piperazine rings is 1. The molecule has 1 heterocycles. The fourth-order valence-electron chi connectivity index (χ4n) is 3.42. The van der Waals surface area contributed by atoms with Crippen LogP contribution in [0.15, 0.2) is 34.8 Å². The number of amides is 2. The van der Waals surface area contributed by atoms with Gasteiger partial charge in [-0.15, -0.1) is 0 Å². The maximum Gasteiger partial charge on any atom is 0.246 e. The first-order chi connectivity index (χ1) is 11.6. The van der Waals surface area contributed by atoms with E-state index in [0.29, 0.717) is 32.1 Å². The van der Waals surface area contributed by atoms with Crippen LogP contribution in [0.3, 0.4) is 0 Å². The van der Waals surface area contributed by atoms with Crippen molar-refractivity contribution < 1.29 is 9.59 Å². The number of hydrogen-bond acceptors (Lipinski definition) is 2. The van der Waals surface area contributed by atoms with Crippen molar-refractivity contribution in [1.29, 1.82) is 0 Å². The molecular formula is C19H23BrN2O2. The minimum absolute atomic E-state index is 0.0193. The van der Waals surface area contributed by atoms with E-state index in [1.54, 1.807) is 6.08 Å². The van der Waals surface area contributed by atoms with Gasteiger partial charge in [-0.3, -0.25) is 9.59 Å². The molecule has 128 valence electrons. The second kappa shape index (κ2) is 7.97. The summed E-state index contributed by atoms with van der Waals surface area (Å²) < 4.78 is 1.02. The predicted octanol–water partition coefficient (Wildman–Crippen LogP) is 3.32. The van der Waals surface area contributed by atoms with Crippen LogP contribution in [0.25, 0.3) is 6.08 Å². The maximum absolute atomic E-state index is 12.4. The van der Waals surface area contributed by atoms with Crippen LogP contribution in [0.4, 0.5) is 0 Å².